The molecule has 0 nitrogen and oxygen atoms in total. The summed E-state index contributed by atoms with van der Waals surface area (Å²) in [5.41, 5.74) is 0. The van der Waals surface area contributed by atoms with Gasteiger partial charge in [0.05, 0.1) is 0 Å². The molecule has 104 valence electrons. The van der Waals surface area contributed by atoms with Crippen LogP contribution in [0.25, 0.3) is 0 Å². The molecule has 0 aliphatic heterocycles. The maximum absolute atomic E-state index is 2.51. The molecule has 0 fully saturated rings. The van der Waals surface area contributed by atoms with Crippen molar-refractivity contribution in [3.8, 4) is 0 Å². The molecule has 0 bridgehead atoms. The van der Waals surface area contributed by atoms with Gasteiger partial charge < -0.3 is 0 Å². The van der Waals surface area contributed by atoms with E-state index in [2.05, 4.69) is 25.5 Å². The second-order valence-corrected chi connectivity index (χ2v) is 11.9. The Morgan fingerprint density at radius 1 is 0.706 bits per heavy atom. The summed E-state index contributed by atoms with van der Waals surface area (Å²) in [6.45, 7) is 4.80. The van der Waals surface area contributed by atoms with Gasteiger partial charge in [-0.25, -0.2) is 0 Å². The van der Waals surface area contributed by atoms with Gasteiger partial charge in [-0.1, -0.05) is 0 Å². The van der Waals surface area contributed by atoms with Crippen LogP contribution in [0.3, 0.4) is 0 Å². The molecule has 17 heavy (non-hydrogen) atoms. The minimum absolute atomic E-state index is 0.751. The van der Waals surface area contributed by atoms with Gasteiger partial charge in [0.15, 0.2) is 0 Å². The summed E-state index contributed by atoms with van der Waals surface area (Å²) >= 11 is 1.70. The van der Waals surface area contributed by atoms with E-state index in [-0.39, 0.29) is 0 Å². The van der Waals surface area contributed by atoms with Gasteiger partial charge >= 0.3 is 123 Å². The van der Waals surface area contributed by atoms with Crippen LogP contribution in [0.4, 0.5) is 0 Å². The molecule has 0 amide bonds. The fourth-order valence-corrected chi connectivity index (χ4v) is 5.67. The van der Waals surface area contributed by atoms with Crippen molar-refractivity contribution < 1.29 is 0 Å². The van der Waals surface area contributed by atoms with Crippen molar-refractivity contribution >= 4 is 29.9 Å². The van der Waals surface area contributed by atoms with E-state index < -0.39 is 0 Å². The zero-order valence-corrected chi connectivity index (χ0v) is 15.8. The first-order valence-corrected chi connectivity index (χ1v) is 12.4. The van der Waals surface area contributed by atoms with E-state index in [0.717, 1.165) is 33.1 Å². The summed E-state index contributed by atoms with van der Waals surface area (Å²) in [5, 5.41) is 0. The van der Waals surface area contributed by atoms with Crippen LogP contribution in [0.5, 0.6) is 0 Å². The molecule has 0 saturated heterocycles. The van der Waals surface area contributed by atoms with Crippen molar-refractivity contribution in [1.82, 2.24) is 0 Å². The van der Waals surface area contributed by atoms with E-state index in [4.69, 9.17) is 0 Å². The second-order valence-electron chi connectivity index (χ2n) is 5.12. The molecule has 0 aliphatic rings. The minimum atomic E-state index is 0.751. The third-order valence-corrected chi connectivity index (χ3v) is 11.7. The Bertz CT molecular complexity index is 153. The standard InChI is InChI=1S/C15H32Se2/c1-5-6-7-8-9-10-11-12-13-14-15(2,16-3)17-4/h5-14H2,1-4H3. The van der Waals surface area contributed by atoms with Crippen LogP contribution in [0, 0.1) is 0 Å². The average Bonchev–Trinajstić information content (AvgIpc) is 2.36. The summed E-state index contributed by atoms with van der Waals surface area (Å²) in [5.74, 6) is 4.85. The molecule has 0 spiro atoms. The van der Waals surface area contributed by atoms with Crippen LogP contribution in [0.1, 0.15) is 78.1 Å². The Balaban J connectivity index is 3.23. The van der Waals surface area contributed by atoms with Crippen molar-refractivity contribution in [1.29, 1.82) is 0 Å². The van der Waals surface area contributed by atoms with Crippen LogP contribution < -0.4 is 0 Å². The molecule has 0 unspecified atom stereocenters. The van der Waals surface area contributed by atoms with E-state index >= 15 is 0 Å². The predicted molar refractivity (Wildman–Crippen MR) is 83.4 cm³/mol. The van der Waals surface area contributed by atoms with Gasteiger partial charge in [0.25, 0.3) is 0 Å². The Morgan fingerprint density at radius 3 is 1.53 bits per heavy atom. The molecule has 0 rings (SSSR count). The zero-order chi connectivity index (χ0) is 13.0. The van der Waals surface area contributed by atoms with Gasteiger partial charge in [0.2, 0.25) is 0 Å². The topological polar surface area (TPSA) is 0 Å². The normalized spacial score (nSPS) is 12.0. The SMILES string of the molecule is CCCCCCCCCCCC(C)([Se]C)[Se]C. The molecule has 0 aromatic heterocycles. The third kappa shape index (κ3) is 10.6. The first-order chi connectivity index (χ1) is 8.18. The van der Waals surface area contributed by atoms with Crippen LogP contribution in [-0.4, -0.2) is 29.9 Å². The van der Waals surface area contributed by atoms with E-state index in [9.17, 15) is 0 Å². The van der Waals surface area contributed by atoms with Crippen molar-refractivity contribution in [2.75, 3.05) is 0 Å². The Hall–Kier alpha value is 1.04. The third-order valence-electron chi connectivity index (χ3n) is 3.60. The Kier molecular flexibility index (Phi) is 12.8. The van der Waals surface area contributed by atoms with Crippen molar-refractivity contribution in [2.45, 2.75) is 92.9 Å². The number of rotatable bonds is 12. The number of hydrogen-bond donors (Lipinski definition) is 0. The van der Waals surface area contributed by atoms with Crippen molar-refractivity contribution in [3.05, 3.63) is 0 Å². The summed E-state index contributed by atoms with van der Waals surface area (Å²) in [6, 6.07) is 0. The predicted octanol–water partition coefficient (Wildman–Crippen LogP) is 5.55. The molecule has 0 radical (unpaired) electrons. The van der Waals surface area contributed by atoms with Crippen LogP contribution >= 0.6 is 0 Å². The molecular weight excluding hydrogens is 338 g/mol. The Morgan fingerprint density at radius 2 is 1.12 bits per heavy atom. The van der Waals surface area contributed by atoms with Gasteiger partial charge in [0, 0.05) is 0 Å². The van der Waals surface area contributed by atoms with Crippen molar-refractivity contribution in [3.63, 3.8) is 0 Å². The number of unbranched alkanes of at least 4 members (excludes halogenated alkanes) is 8. The molecule has 2 heteroatoms. The monoisotopic (exact) mass is 372 g/mol. The molecule has 0 N–H and O–H groups in total. The summed E-state index contributed by atoms with van der Waals surface area (Å²) < 4.78 is 0.751. The van der Waals surface area contributed by atoms with Gasteiger partial charge in [-0.2, -0.15) is 0 Å². The van der Waals surface area contributed by atoms with Gasteiger partial charge in [-0.15, -0.1) is 0 Å². The summed E-state index contributed by atoms with van der Waals surface area (Å²) in [4.78, 5) is 0. The first-order valence-electron chi connectivity index (χ1n) is 7.29. The molecule has 0 aliphatic carbocycles. The van der Waals surface area contributed by atoms with E-state index in [0.29, 0.717) is 0 Å². The van der Waals surface area contributed by atoms with E-state index in [1.807, 2.05) is 0 Å². The molecule has 0 saturated carbocycles. The van der Waals surface area contributed by atoms with Gasteiger partial charge in [-0.3, -0.25) is 0 Å². The summed E-state index contributed by atoms with van der Waals surface area (Å²) in [7, 11) is 0. The van der Waals surface area contributed by atoms with Gasteiger partial charge in [0.1, 0.15) is 0 Å². The van der Waals surface area contributed by atoms with E-state index in [1.54, 1.807) is 0 Å². The summed E-state index contributed by atoms with van der Waals surface area (Å²) in [6.07, 6.45) is 14.7. The molecular formula is C15H32Se2. The maximum atomic E-state index is 2.51. The molecule has 0 aromatic carbocycles. The van der Waals surface area contributed by atoms with Crippen LogP contribution in [0.2, 0.25) is 14.9 Å². The van der Waals surface area contributed by atoms with E-state index in [1.165, 1.54) is 64.2 Å². The van der Waals surface area contributed by atoms with Crippen LogP contribution in [0.15, 0.2) is 0 Å². The zero-order valence-electron chi connectivity index (χ0n) is 12.4. The molecule has 0 aromatic rings. The first kappa shape index (κ1) is 18.0. The molecule has 0 heterocycles. The van der Waals surface area contributed by atoms with Gasteiger partial charge in [-0.05, 0) is 0 Å². The van der Waals surface area contributed by atoms with Crippen LogP contribution in [-0.2, 0) is 0 Å². The Labute approximate surface area is 122 Å². The average molecular weight is 370 g/mol. The fourth-order valence-electron chi connectivity index (χ4n) is 2.04. The quantitative estimate of drug-likeness (QED) is 0.312. The second kappa shape index (κ2) is 12.1. The molecule has 0 atom stereocenters. The number of hydrogen-bond acceptors (Lipinski definition) is 0. The van der Waals surface area contributed by atoms with Crippen molar-refractivity contribution in [2.24, 2.45) is 0 Å². The fraction of sp³-hybridized carbons (Fsp3) is 1.00.